The highest BCUT2D eigenvalue weighted by molar-refractivity contribution is 5.79. The lowest BCUT2D eigenvalue weighted by molar-refractivity contribution is 0.397. The van der Waals surface area contributed by atoms with Crippen LogP contribution in [0.1, 0.15) is 24.7 Å². The van der Waals surface area contributed by atoms with Crippen LogP contribution in [0.3, 0.4) is 0 Å². The van der Waals surface area contributed by atoms with Gasteiger partial charge >= 0.3 is 0 Å². The smallest absolute Gasteiger partial charge is 0.213 e. The van der Waals surface area contributed by atoms with Crippen LogP contribution in [0.15, 0.2) is 47.6 Å². The zero-order valence-electron chi connectivity index (χ0n) is 16.8. The summed E-state index contributed by atoms with van der Waals surface area (Å²) in [5, 5.41) is 6.70. The lowest BCUT2D eigenvalue weighted by Gasteiger charge is -2.12. The lowest BCUT2D eigenvalue weighted by atomic mass is 10.3. The average Bonchev–Trinajstić information content (AvgIpc) is 3.04. The Kier molecular flexibility index (Phi) is 6.84. The maximum Gasteiger partial charge on any atom is 0.213 e. The van der Waals surface area contributed by atoms with E-state index >= 15 is 0 Å². The molecule has 0 aliphatic rings. The molecule has 1 aromatic carbocycles. The largest absolute Gasteiger partial charge is 0.481 e. The minimum absolute atomic E-state index is 0.569. The summed E-state index contributed by atoms with van der Waals surface area (Å²) in [6, 6.07) is 12.1. The molecule has 3 aromatic rings. The fraction of sp³-hybridized carbons (Fsp3) is 0.381. The minimum Gasteiger partial charge on any atom is -0.481 e. The summed E-state index contributed by atoms with van der Waals surface area (Å²) < 4.78 is 7.43. The van der Waals surface area contributed by atoms with E-state index in [9.17, 15) is 0 Å². The number of para-hydroxylation sites is 2. The van der Waals surface area contributed by atoms with Crippen molar-refractivity contribution in [3.8, 4) is 5.88 Å². The Morgan fingerprint density at radius 3 is 2.89 bits per heavy atom. The van der Waals surface area contributed by atoms with Crippen molar-refractivity contribution in [1.82, 2.24) is 25.2 Å². The Labute approximate surface area is 165 Å². The quantitative estimate of drug-likeness (QED) is 0.357. The molecule has 3 rings (SSSR count). The molecule has 0 saturated carbocycles. The highest BCUT2D eigenvalue weighted by atomic mass is 16.5. The standard InChI is InChI=1S/C21H28N6O/c1-4-22-21(25-15-17-10-12-23-20(14-17)28-3)24-11-7-13-27-16(2)26-18-8-5-6-9-19(18)27/h5-6,8-10,12,14H,4,7,11,13,15H2,1-3H3,(H2,22,24,25). The molecule has 0 amide bonds. The number of hydrogen-bond acceptors (Lipinski definition) is 4. The highest BCUT2D eigenvalue weighted by Crippen LogP contribution is 2.15. The molecule has 0 radical (unpaired) electrons. The molecule has 28 heavy (non-hydrogen) atoms. The Balaban J connectivity index is 1.55. The molecule has 148 valence electrons. The SMILES string of the molecule is CCNC(=NCc1ccnc(OC)c1)NCCCn1c(C)nc2ccccc21. The zero-order chi connectivity index (χ0) is 19.8. The number of benzene rings is 1. The summed E-state index contributed by atoms with van der Waals surface area (Å²) in [4.78, 5) is 13.4. The maximum absolute atomic E-state index is 5.17. The van der Waals surface area contributed by atoms with Crippen LogP contribution in [0.25, 0.3) is 11.0 Å². The second-order valence-electron chi connectivity index (χ2n) is 6.48. The first-order chi connectivity index (χ1) is 13.7. The van der Waals surface area contributed by atoms with E-state index in [-0.39, 0.29) is 0 Å². The third kappa shape index (κ3) is 5.00. The predicted octanol–water partition coefficient (Wildman–Crippen LogP) is 2.89. The van der Waals surface area contributed by atoms with Gasteiger partial charge in [-0.25, -0.2) is 15.0 Å². The molecule has 7 nitrogen and oxygen atoms in total. The summed E-state index contributed by atoms with van der Waals surface area (Å²) in [5.41, 5.74) is 3.30. The van der Waals surface area contributed by atoms with E-state index in [1.807, 2.05) is 18.2 Å². The van der Waals surface area contributed by atoms with E-state index in [1.54, 1.807) is 13.3 Å². The van der Waals surface area contributed by atoms with Crippen LogP contribution in [0, 0.1) is 6.92 Å². The number of methoxy groups -OCH3 is 1. The number of aryl methyl sites for hydroxylation is 2. The topological polar surface area (TPSA) is 76.4 Å². The van der Waals surface area contributed by atoms with Gasteiger partial charge in [-0.1, -0.05) is 12.1 Å². The second-order valence-corrected chi connectivity index (χ2v) is 6.48. The van der Waals surface area contributed by atoms with Crippen molar-refractivity contribution in [2.24, 2.45) is 4.99 Å². The number of aromatic nitrogens is 3. The maximum atomic E-state index is 5.17. The Morgan fingerprint density at radius 2 is 2.07 bits per heavy atom. The molecule has 0 spiro atoms. The van der Waals surface area contributed by atoms with Gasteiger partial charge in [-0.2, -0.15) is 0 Å². The van der Waals surface area contributed by atoms with Gasteiger partial charge in [0.15, 0.2) is 5.96 Å². The molecule has 2 heterocycles. The fourth-order valence-corrected chi connectivity index (χ4v) is 3.09. The van der Waals surface area contributed by atoms with Crippen molar-refractivity contribution in [3.63, 3.8) is 0 Å². The lowest BCUT2D eigenvalue weighted by Crippen LogP contribution is -2.38. The van der Waals surface area contributed by atoms with E-state index in [0.29, 0.717) is 12.4 Å². The molecule has 0 fully saturated rings. The van der Waals surface area contributed by atoms with Crippen LogP contribution in [-0.4, -0.2) is 40.7 Å². The summed E-state index contributed by atoms with van der Waals surface area (Å²) in [6.07, 6.45) is 2.72. The minimum atomic E-state index is 0.569. The van der Waals surface area contributed by atoms with Crippen LogP contribution in [0.4, 0.5) is 0 Å². The van der Waals surface area contributed by atoms with Crippen LogP contribution < -0.4 is 15.4 Å². The summed E-state index contributed by atoms with van der Waals surface area (Å²) >= 11 is 0. The Hall–Kier alpha value is -3.09. The third-order valence-corrected chi connectivity index (χ3v) is 4.47. The van der Waals surface area contributed by atoms with Gasteiger partial charge in [0.1, 0.15) is 5.82 Å². The van der Waals surface area contributed by atoms with Gasteiger partial charge in [-0.3, -0.25) is 0 Å². The van der Waals surface area contributed by atoms with Crippen LogP contribution in [-0.2, 0) is 13.1 Å². The van der Waals surface area contributed by atoms with Gasteiger partial charge in [0, 0.05) is 31.9 Å². The van der Waals surface area contributed by atoms with E-state index in [4.69, 9.17) is 4.74 Å². The van der Waals surface area contributed by atoms with Crippen molar-refractivity contribution in [2.75, 3.05) is 20.2 Å². The molecule has 0 atom stereocenters. The molecule has 2 aromatic heterocycles. The Bertz CT molecular complexity index is 934. The number of aliphatic imine (C=N–C) groups is 1. The molecule has 2 N–H and O–H groups in total. The number of rotatable bonds is 8. The predicted molar refractivity (Wildman–Crippen MR) is 113 cm³/mol. The number of nitrogens with zero attached hydrogens (tertiary/aromatic N) is 4. The molecule has 7 heteroatoms. The second kappa shape index (κ2) is 9.73. The van der Waals surface area contributed by atoms with E-state index < -0.39 is 0 Å². The van der Waals surface area contributed by atoms with Gasteiger partial charge < -0.3 is 19.9 Å². The number of ether oxygens (including phenoxy) is 1. The first-order valence-corrected chi connectivity index (χ1v) is 9.64. The van der Waals surface area contributed by atoms with Gasteiger partial charge in [0.25, 0.3) is 0 Å². The van der Waals surface area contributed by atoms with E-state index in [2.05, 4.69) is 62.2 Å². The molecule has 0 saturated heterocycles. The van der Waals surface area contributed by atoms with E-state index in [0.717, 1.165) is 48.9 Å². The highest BCUT2D eigenvalue weighted by Gasteiger charge is 2.06. The molecule has 0 aliphatic heterocycles. The number of imidazole rings is 1. The van der Waals surface area contributed by atoms with Crippen molar-refractivity contribution in [3.05, 3.63) is 54.0 Å². The monoisotopic (exact) mass is 380 g/mol. The van der Waals surface area contributed by atoms with Crippen molar-refractivity contribution in [1.29, 1.82) is 0 Å². The normalized spacial score (nSPS) is 11.6. The zero-order valence-corrected chi connectivity index (χ0v) is 16.8. The number of nitrogens with one attached hydrogen (secondary N) is 2. The van der Waals surface area contributed by atoms with Crippen molar-refractivity contribution >= 4 is 17.0 Å². The number of fused-ring (bicyclic) bond motifs is 1. The van der Waals surface area contributed by atoms with Crippen LogP contribution in [0.2, 0.25) is 0 Å². The van der Waals surface area contributed by atoms with Crippen LogP contribution in [0.5, 0.6) is 5.88 Å². The molecular formula is C21H28N6O. The van der Waals surface area contributed by atoms with Crippen molar-refractivity contribution in [2.45, 2.75) is 33.4 Å². The van der Waals surface area contributed by atoms with Gasteiger partial charge in [-0.05, 0) is 44.0 Å². The molecule has 0 bridgehead atoms. The fourth-order valence-electron chi connectivity index (χ4n) is 3.09. The number of pyridine rings is 1. The van der Waals surface area contributed by atoms with Crippen LogP contribution >= 0.6 is 0 Å². The van der Waals surface area contributed by atoms with Crippen molar-refractivity contribution < 1.29 is 4.74 Å². The third-order valence-electron chi connectivity index (χ3n) is 4.47. The number of guanidine groups is 1. The summed E-state index contributed by atoms with van der Waals surface area (Å²) in [7, 11) is 1.62. The summed E-state index contributed by atoms with van der Waals surface area (Å²) in [6.45, 7) is 7.25. The first kappa shape index (κ1) is 19.7. The average molecular weight is 380 g/mol. The van der Waals surface area contributed by atoms with Gasteiger partial charge in [0.05, 0.1) is 24.7 Å². The van der Waals surface area contributed by atoms with Gasteiger partial charge in [0.2, 0.25) is 5.88 Å². The number of hydrogen-bond donors (Lipinski definition) is 2. The Morgan fingerprint density at radius 1 is 1.21 bits per heavy atom. The molecular weight excluding hydrogens is 352 g/mol. The summed E-state index contributed by atoms with van der Waals surface area (Å²) in [5.74, 6) is 2.47. The first-order valence-electron chi connectivity index (χ1n) is 9.64. The van der Waals surface area contributed by atoms with Gasteiger partial charge in [-0.15, -0.1) is 0 Å². The molecule has 0 aliphatic carbocycles. The molecule has 0 unspecified atom stereocenters. The van der Waals surface area contributed by atoms with E-state index in [1.165, 1.54) is 5.52 Å².